The molecule has 0 saturated carbocycles. The summed E-state index contributed by atoms with van der Waals surface area (Å²) >= 11 is 0. The SMILES string of the molecule is O=S(=O)(CCCF)c1ccc2c(c1)CCN2. The van der Waals surface area contributed by atoms with E-state index in [4.69, 9.17) is 0 Å². The highest BCUT2D eigenvalue weighted by atomic mass is 32.2. The van der Waals surface area contributed by atoms with E-state index in [2.05, 4.69) is 5.32 Å². The van der Waals surface area contributed by atoms with Crippen molar-refractivity contribution < 1.29 is 12.8 Å². The van der Waals surface area contributed by atoms with Crippen LogP contribution in [0.15, 0.2) is 23.1 Å². The van der Waals surface area contributed by atoms with E-state index in [1.54, 1.807) is 18.2 Å². The molecule has 5 heteroatoms. The molecule has 1 N–H and O–H groups in total. The summed E-state index contributed by atoms with van der Waals surface area (Å²) in [4.78, 5) is 0.309. The van der Waals surface area contributed by atoms with E-state index in [0.717, 1.165) is 24.2 Å². The van der Waals surface area contributed by atoms with E-state index in [1.807, 2.05) is 0 Å². The van der Waals surface area contributed by atoms with Gasteiger partial charge in [0.1, 0.15) is 0 Å². The topological polar surface area (TPSA) is 46.2 Å². The first-order valence-electron chi connectivity index (χ1n) is 5.29. The molecule has 16 heavy (non-hydrogen) atoms. The lowest BCUT2D eigenvalue weighted by Crippen LogP contribution is -2.07. The number of hydrogen-bond donors (Lipinski definition) is 1. The van der Waals surface area contributed by atoms with Crippen LogP contribution in [0.5, 0.6) is 0 Å². The molecule has 1 aromatic rings. The number of alkyl halides is 1. The summed E-state index contributed by atoms with van der Waals surface area (Å²) in [6.45, 7) is 0.259. The highest BCUT2D eigenvalue weighted by molar-refractivity contribution is 7.91. The minimum Gasteiger partial charge on any atom is -0.384 e. The monoisotopic (exact) mass is 243 g/mol. The van der Waals surface area contributed by atoms with Crippen LogP contribution in [-0.4, -0.2) is 27.4 Å². The average molecular weight is 243 g/mol. The van der Waals surface area contributed by atoms with Crippen molar-refractivity contribution in [1.29, 1.82) is 0 Å². The van der Waals surface area contributed by atoms with Gasteiger partial charge in [0.25, 0.3) is 0 Å². The van der Waals surface area contributed by atoms with Crippen LogP contribution in [0.1, 0.15) is 12.0 Å². The van der Waals surface area contributed by atoms with Crippen LogP contribution in [0.4, 0.5) is 10.1 Å². The Morgan fingerprint density at radius 1 is 1.38 bits per heavy atom. The van der Waals surface area contributed by atoms with Gasteiger partial charge in [-0.15, -0.1) is 0 Å². The van der Waals surface area contributed by atoms with Gasteiger partial charge in [0.15, 0.2) is 9.84 Å². The molecule has 0 aromatic heterocycles. The van der Waals surface area contributed by atoms with Crippen LogP contribution in [0.2, 0.25) is 0 Å². The summed E-state index contributed by atoms with van der Waals surface area (Å²) in [6.07, 6.45) is 0.916. The van der Waals surface area contributed by atoms with Gasteiger partial charge >= 0.3 is 0 Å². The standard InChI is InChI=1S/C11H14FNO2S/c12-5-1-7-16(14,15)10-2-3-11-9(8-10)4-6-13-11/h2-3,8,13H,1,4-7H2. The van der Waals surface area contributed by atoms with Crippen molar-refractivity contribution in [3.8, 4) is 0 Å². The van der Waals surface area contributed by atoms with E-state index in [1.165, 1.54) is 0 Å². The normalized spacial score (nSPS) is 14.6. The maximum absolute atomic E-state index is 12.0. The molecule has 0 amide bonds. The van der Waals surface area contributed by atoms with Gasteiger partial charge in [-0.3, -0.25) is 4.39 Å². The fourth-order valence-corrected chi connectivity index (χ4v) is 3.16. The molecule has 1 aliphatic heterocycles. The van der Waals surface area contributed by atoms with Gasteiger partial charge in [-0.05, 0) is 36.6 Å². The molecule has 0 fully saturated rings. The molecule has 0 saturated heterocycles. The van der Waals surface area contributed by atoms with Crippen LogP contribution in [0.3, 0.4) is 0 Å². The first kappa shape index (κ1) is 11.4. The smallest absolute Gasteiger partial charge is 0.178 e. The van der Waals surface area contributed by atoms with E-state index >= 15 is 0 Å². The molecule has 2 rings (SSSR count). The summed E-state index contributed by atoms with van der Waals surface area (Å²) in [7, 11) is -3.31. The summed E-state index contributed by atoms with van der Waals surface area (Å²) in [5, 5.41) is 3.17. The molecule has 0 bridgehead atoms. The highest BCUT2D eigenvalue weighted by Crippen LogP contribution is 2.25. The van der Waals surface area contributed by atoms with Gasteiger partial charge in [-0.25, -0.2) is 8.42 Å². The van der Waals surface area contributed by atoms with Gasteiger partial charge in [-0.1, -0.05) is 0 Å². The highest BCUT2D eigenvalue weighted by Gasteiger charge is 2.17. The third-order valence-corrected chi connectivity index (χ3v) is 4.49. The number of nitrogens with one attached hydrogen (secondary N) is 1. The molecule has 0 unspecified atom stereocenters. The Bertz CT molecular complexity index is 485. The molecule has 0 aliphatic carbocycles. The van der Waals surface area contributed by atoms with E-state index in [9.17, 15) is 12.8 Å². The number of hydrogen-bond acceptors (Lipinski definition) is 3. The molecule has 0 spiro atoms. The predicted molar refractivity (Wildman–Crippen MR) is 61.3 cm³/mol. The Hall–Kier alpha value is -1.10. The Balaban J connectivity index is 2.27. The predicted octanol–water partition coefficient (Wildman–Crippen LogP) is 1.79. The zero-order valence-corrected chi connectivity index (χ0v) is 9.69. The maximum Gasteiger partial charge on any atom is 0.178 e. The van der Waals surface area contributed by atoms with Gasteiger partial charge in [-0.2, -0.15) is 0 Å². The maximum atomic E-state index is 12.0. The lowest BCUT2D eigenvalue weighted by Gasteiger charge is -2.05. The summed E-state index contributed by atoms with van der Waals surface area (Å²) in [5.74, 6) is -0.115. The molecule has 0 radical (unpaired) electrons. The van der Waals surface area contributed by atoms with Crippen LogP contribution < -0.4 is 5.32 Å². The summed E-state index contributed by atoms with van der Waals surface area (Å²) in [6, 6.07) is 5.07. The first-order valence-corrected chi connectivity index (χ1v) is 6.94. The largest absolute Gasteiger partial charge is 0.384 e. The van der Waals surface area contributed by atoms with E-state index < -0.39 is 16.5 Å². The minimum atomic E-state index is -3.31. The number of sulfone groups is 1. The van der Waals surface area contributed by atoms with Crippen molar-refractivity contribution in [2.45, 2.75) is 17.7 Å². The fraction of sp³-hybridized carbons (Fsp3) is 0.455. The second-order valence-corrected chi connectivity index (χ2v) is 5.97. The van der Waals surface area contributed by atoms with Crippen molar-refractivity contribution in [3.05, 3.63) is 23.8 Å². The molecule has 1 aliphatic rings. The van der Waals surface area contributed by atoms with E-state index in [0.29, 0.717) is 4.90 Å². The third-order valence-electron chi connectivity index (χ3n) is 2.69. The minimum absolute atomic E-state index is 0.0671. The molecule has 3 nitrogen and oxygen atoms in total. The fourth-order valence-electron chi connectivity index (χ4n) is 1.84. The number of halogens is 1. The molecule has 0 atom stereocenters. The summed E-state index contributed by atoms with van der Waals surface area (Å²) < 4.78 is 35.6. The van der Waals surface area contributed by atoms with Gasteiger partial charge < -0.3 is 5.32 Å². The number of benzene rings is 1. The quantitative estimate of drug-likeness (QED) is 0.877. The summed E-state index contributed by atoms with van der Waals surface area (Å²) in [5.41, 5.74) is 2.03. The third kappa shape index (κ3) is 2.19. The molecule has 88 valence electrons. The Kier molecular flexibility index (Phi) is 3.14. The number of rotatable bonds is 4. The number of fused-ring (bicyclic) bond motifs is 1. The lowest BCUT2D eigenvalue weighted by molar-refractivity contribution is 0.484. The van der Waals surface area contributed by atoms with E-state index in [-0.39, 0.29) is 12.2 Å². The second kappa shape index (κ2) is 4.41. The van der Waals surface area contributed by atoms with Crippen molar-refractivity contribution >= 4 is 15.5 Å². The van der Waals surface area contributed by atoms with Crippen LogP contribution in [0, 0.1) is 0 Å². The van der Waals surface area contributed by atoms with Crippen LogP contribution in [-0.2, 0) is 16.3 Å². The van der Waals surface area contributed by atoms with Crippen molar-refractivity contribution in [2.75, 3.05) is 24.3 Å². The number of anilines is 1. The molecular weight excluding hydrogens is 229 g/mol. The van der Waals surface area contributed by atoms with Crippen LogP contribution >= 0.6 is 0 Å². The Labute approximate surface area is 94.6 Å². The lowest BCUT2D eigenvalue weighted by atomic mass is 10.2. The zero-order chi connectivity index (χ0) is 11.6. The first-order chi connectivity index (χ1) is 7.63. The Morgan fingerprint density at radius 3 is 2.94 bits per heavy atom. The molecular formula is C11H14FNO2S. The molecule has 1 heterocycles. The average Bonchev–Trinajstić information content (AvgIpc) is 2.73. The van der Waals surface area contributed by atoms with Gasteiger partial charge in [0.2, 0.25) is 0 Å². The van der Waals surface area contributed by atoms with Crippen molar-refractivity contribution in [2.24, 2.45) is 0 Å². The van der Waals surface area contributed by atoms with Gasteiger partial charge in [0.05, 0.1) is 17.3 Å². The van der Waals surface area contributed by atoms with Crippen molar-refractivity contribution in [3.63, 3.8) is 0 Å². The van der Waals surface area contributed by atoms with Gasteiger partial charge in [0, 0.05) is 12.2 Å². The Morgan fingerprint density at radius 2 is 2.19 bits per heavy atom. The van der Waals surface area contributed by atoms with Crippen LogP contribution in [0.25, 0.3) is 0 Å². The van der Waals surface area contributed by atoms with Crippen molar-refractivity contribution in [1.82, 2.24) is 0 Å². The second-order valence-electron chi connectivity index (χ2n) is 3.86. The zero-order valence-electron chi connectivity index (χ0n) is 8.87. The molecule has 1 aromatic carbocycles.